The van der Waals surface area contributed by atoms with Gasteiger partial charge in [-0.15, -0.1) is 0 Å². The molecule has 1 atom stereocenters. The number of nitrogens with one attached hydrogen (secondary N) is 1. The van der Waals surface area contributed by atoms with Crippen LogP contribution in [0.5, 0.6) is 11.5 Å². The molecule has 0 saturated carbocycles. The van der Waals surface area contributed by atoms with E-state index in [4.69, 9.17) is 15.2 Å². The zero-order valence-corrected chi connectivity index (χ0v) is 16.9. The Morgan fingerprint density at radius 2 is 1.79 bits per heavy atom. The summed E-state index contributed by atoms with van der Waals surface area (Å²) in [5.41, 5.74) is 11.3. The van der Waals surface area contributed by atoms with Crippen LogP contribution >= 0.6 is 0 Å². The molecule has 0 radical (unpaired) electrons. The predicted octanol–water partition coefficient (Wildman–Crippen LogP) is 3.76. The van der Waals surface area contributed by atoms with Gasteiger partial charge in [0.15, 0.2) is 0 Å². The predicted molar refractivity (Wildman–Crippen MR) is 115 cm³/mol. The molecule has 0 fully saturated rings. The lowest BCUT2D eigenvalue weighted by Gasteiger charge is -2.29. The average molecular weight is 387 g/mol. The highest BCUT2D eigenvalue weighted by Gasteiger charge is 2.37. The topological polar surface area (TPSA) is 69.4 Å². The van der Waals surface area contributed by atoms with E-state index in [2.05, 4.69) is 59.7 Å². The lowest BCUT2D eigenvalue weighted by molar-refractivity contribution is 0.411. The number of aromatic nitrogens is 1. The number of nitrogens with zero attached hydrogens (tertiary/aromatic N) is 1. The van der Waals surface area contributed by atoms with Crippen LogP contribution in [0.15, 0.2) is 72.8 Å². The number of nitrogens with two attached hydrogens (primary N) is 1. The summed E-state index contributed by atoms with van der Waals surface area (Å²) in [7, 11) is 3.34. The largest absolute Gasteiger partial charge is 0.496 e. The van der Waals surface area contributed by atoms with Gasteiger partial charge in [0, 0.05) is 18.3 Å². The van der Waals surface area contributed by atoms with E-state index in [1.807, 2.05) is 18.3 Å². The minimum Gasteiger partial charge on any atom is -0.496 e. The Morgan fingerprint density at radius 3 is 2.48 bits per heavy atom. The molecule has 29 heavy (non-hydrogen) atoms. The van der Waals surface area contributed by atoms with Gasteiger partial charge in [0.25, 0.3) is 0 Å². The molecule has 3 N–H and O–H groups in total. The molecular weight excluding hydrogens is 362 g/mol. The first-order valence-electron chi connectivity index (χ1n) is 9.53. The summed E-state index contributed by atoms with van der Waals surface area (Å²) in [6.07, 6.45) is 5.67. The van der Waals surface area contributed by atoms with Gasteiger partial charge in [0.05, 0.1) is 31.7 Å². The number of methoxy groups -OCH3 is 2. The molecule has 1 unspecified atom stereocenters. The van der Waals surface area contributed by atoms with Crippen molar-refractivity contribution in [1.29, 1.82) is 0 Å². The highest BCUT2D eigenvalue weighted by molar-refractivity contribution is 5.66. The fourth-order valence-electron chi connectivity index (χ4n) is 3.97. The van der Waals surface area contributed by atoms with Crippen molar-refractivity contribution in [2.45, 2.75) is 12.3 Å². The summed E-state index contributed by atoms with van der Waals surface area (Å²) in [6.45, 7) is 2.76. The van der Waals surface area contributed by atoms with E-state index in [-0.39, 0.29) is 5.41 Å². The van der Waals surface area contributed by atoms with Crippen LogP contribution in [0.1, 0.15) is 16.7 Å². The molecule has 3 aromatic rings. The first kappa shape index (κ1) is 18.9. The molecule has 148 valence electrons. The van der Waals surface area contributed by atoms with Crippen LogP contribution < -0.4 is 20.5 Å². The van der Waals surface area contributed by atoms with Crippen LogP contribution in [-0.2, 0) is 5.41 Å². The monoisotopic (exact) mass is 387 g/mol. The zero-order valence-electron chi connectivity index (χ0n) is 16.9. The molecule has 0 spiro atoms. The van der Waals surface area contributed by atoms with Crippen molar-refractivity contribution in [2.24, 2.45) is 5.73 Å². The molecule has 0 bridgehead atoms. The van der Waals surface area contributed by atoms with E-state index in [0.29, 0.717) is 12.4 Å². The fraction of sp³-hybridized carbons (Fsp3) is 0.208. The zero-order chi connectivity index (χ0) is 20.4. The molecule has 5 heteroatoms. The van der Waals surface area contributed by atoms with Crippen LogP contribution in [0, 0.1) is 6.92 Å². The summed E-state index contributed by atoms with van der Waals surface area (Å²) in [4.78, 5) is 4.29. The summed E-state index contributed by atoms with van der Waals surface area (Å²) in [6, 6.07) is 16.8. The minimum absolute atomic E-state index is 0.358. The highest BCUT2D eigenvalue weighted by Crippen LogP contribution is 2.39. The summed E-state index contributed by atoms with van der Waals surface area (Å²) >= 11 is 0. The van der Waals surface area contributed by atoms with Gasteiger partial charge < -0.3 is 20.5 Å². The smallest absolute Gasteiger partial charge is 0.137 e. The number of ether oxygens (including phenoxy) is 2. The fourth-order valence-corrected chi connectivity index (χ4v) is 3.97. The summed E-state index contributed by atoms with van der Waals surface area (Å²) in [5.74, 6) is 2.30. The van der Waals surface area contributed by atoms with E-state index in [1.165, 1.54) is 5.56 Å². The lowest BCUT2D eigenvalue weighted by Crippen LogP contribution is -2.31. The third kappa shape index (κ3) is 3.40. The number of rotatable bonds is 5. The van der Waals surface area contributed by atoms with Crippen LogP contribution in [0.25, 0.3) is 11.1 Å². The summed E-state index contributed by atoms with van der Waals surface area (Å²) in [5, 5.41) is 3.31. The second-order valence-corrected chi connectivity index (χ2v) is 7.30. The maximum absolute atomic E-state index is 6.16. The van der Waals surface area contributed by atoms with Gasteiger partial charge in [-0.2, -0.15) is 0 Å². The molecule has 0 saturated heterocycles. The van der Waals surface area contributed by atoms with Crippen molar-refractivity contribution in [3.8, 4) is 22.6 Å². The molecule has 1 aliphatic heterocycles. The molecule has 1 aliphatic rings. The Bertz CT molecular complexity index is 1080. The minimum atomic E-state index is -0.358. The Balaban J connectivity index is 1.84. The van der Waals surface area contributed by atoms with Crippen LogP contribution in [0.4, 0.5) is 0 Å². The van der Waals surface area contributed by atoms with Gasteiger partial charge >= 0.3 is 0 Å². The van der Waals surface area contributed by atoms with E-state index in [1.54, 1.807) is 20.4 Å². The van der Waals surface area contributed by atoms with E-state index < -0.39 is 0 Å². The van der Waals surface area contributed by atoms with Gasteiger partial charge in [0.1, 0.15) is 11.5 Å². The van der Waals surface area contributed by atoms with E-state index in [9.17, 15) is 0 Å². The van der Waals surface area contributed by atoms with Crippen LogP contribution in [0.3, 0.4) is 0 Å². The molecule has 2 heterocycles. The molecule has 5 nitrogen and oxygen atoms in total. The second-order valence-electron chi connectivity index (χ2n) is 7.30. The number of hydrogen-bond donors (Lipinski definition) is 2. The van der Waals surface area contributed by atoms with Crippen molar-refractivity contribution in [3.63, 3.8) is 0 Å². The molecule has 0 amide bonds. The van der Waals surface area contributed by atoms with Gasteiger partial charge in [-0.25, -0.2) is 0 Å². The molecule has 4 rings (SSSR count). The standard InChI is InChI=1S/C24H25N3O2/c1-16-9-20(7-8-22(16)29-3)24(12-23(25)27-15-24)19-6-4-5-17(10-19)18-11-21(28-2)14-26-13-18/h4-14,27H,15,25H2,1-3H3. The van der Waals surface area contributed by atoms with Crippen LogP contribution in [-0.4, -0.2) is 25.7 Å². The Morgan fingerprint density at radius 1 is 0.966 bits per heavy atom. The molecule has 0 aliphatic carbocycles. The number of hydrogen-bond acceptors (Lipinski definition) is 5. The maximum atomic E-state index is 6.16. The first-order chi connectivity index (χ1) is 14.1. The van der Waals surface area contributed by atoms with Gasteiger partial charge in [-0.3, -0.25) is 4.98 Å². The van der Waals surface area contributed by atoms with Crippen molar-refractivity contribution < 1.29 is 9.47 Å². The lowest BCUT2D eigenvalue weighted by atomic mass is 9.74. The maximum Gasteiger partial charge on any atom is 0.137 e. The van der Waals surface area contributed by atoms with Crippen molar-refractivity contribution in [1.82, 2.24) is 10.3 Å². The quantitative estimate of drug-likeness (QED) is 0.698. The third-order valence-corrected chi connectivity index (χ3v) is 5.54. The highest BCUT2D eigenvalue weighted by atomic mass is 16.5. The SMILES string of the molecule is COc1cncc(-c2cccc(C3(c4ccc(OC)c(C)c4)C=C(N)NC3)c2)c1. The number of pyridine rings is 1. The average Bonchev–Trinajstić information content (AvgIpc) is 3.17. The van der Waals surface area contributed by atoms with Crippen molar-refractivity contribution >= 4 is 0 Å². The Kier molecular flexibility index (Phi) is 4.89. The molecular formula is C24H25N3O2. The Hall–Kier alpha value is -3.47. The number of aryl methyl sites for hydroxylation is 1. The first-order valence-corrected chi connectivity index (χ1v) is 9.53. The number of benzene rings is 2. The Labute approximate surface area is 171 Å². The van der Waals surface area contributed by atoms with Crippen molar-refractivity contribution in [2.75, 3.05) is 20.8 Å². The van der Waals surface area contributed by atoms with Gasteiger partial charge in [-0.1, -0.05) is 30.3 Å². The van der Waals surface area contributed by atoms with Crippen molar-refractivity contribution in [3.05, 3.63) is 89.5 Å². The van der Waals surface area contributed by atoms with Crippen LogP contribution in [0.2, 0.25) is 0 Å². The van der Waals surface area contributed by atoms with E-state index >= 15 is 0 Å². The molecule has 1 aromatic heterocycles. The van der Waals surface area contributed by atoms with E-state index in [0.717, 1.165) is 33.8 Å². The third-order valence-electron chi connectivity index (χ3n) is 5.54. The second kappa shape index (κ2) is 7.51. The molecule has 2 aromatic carbocycles. The normalized spacial score (nSPS) is 18.1. The van der Waals surface area contributed by atoms with Gasteiger partial charge in [-0.05, 0) is 53.5 Å². The van der Waals surface area contributed by atoms with Gasteiger partial charge in [0.2, 0.25) is 0 Å². The summed E-state index contributed by atoms with van der Waals surface area (Å²) < 4.78 is 10.8.